The van der Waals surface area contributed by atoms with E-state index in [-0.39, 0.29) is 30.3 Å². The summed E-state index contributed by atoms with van der Waals surface area (Å²) in [6, 6.07) is -0.717. The van der Waals surface area contributed by atoms with Crippen molar-refractivity contribution in [3.8, 4) is 12.3 Å². The van der Waals surface area contributed by atoms with Crippen molar-refractivity contribution >= 4 is 17.7 Å². The number of hydrogen-bond acceptors (Lipinski definition) is 4. The minimum atomic E-state index is -1.11. The summed E-state index contributed by atoms with van der Waals surface area (Å²) in [5.41, 5.74) is -1.11. The van der Waals surface area contributed by atoms with E-state index in [9.17, 15) is 14.4 Å². The molecule has 2 bridgehead atoms. The van der Waals surface area contributed by atoms with Crippen LogP contribution in [0.5, 0.6) is 0 Å². The van der Waals surface area contributed by atoms with E-state index in [1.807, 2.05) is 0 Å². The van der Waals surface area contributed by atoms with Gasteiger partial charge in [-0.15, -0.1) is 6.42 Å². The Morgan fingerprint density at radius 3 is 2.77 bits per heavy atom. The molecule has 138 valence electrons. The Kier molecular flexibility index (Phi) is 4.03. The summed E-state index contributed by atoms with van der Waals surface area (Å²) >= 11 is 0. The summed E-state index contributed by atoms with van der Waals surface area (Å²) < 4.78 is 6.10. The molecule has 0 unspecified atom stereocenters. The number of carbonyl (C=O) groups is 3. The summed E-state index contributed by atoms with van der Waals surface area (Å²) in [5, 5.41) is 5.67. The summed E-state index contributed by atoms with van der Waals surface area (Å²) in [4.78, 5) is 40.0. The summed E-state index contributed by atoms with van der Waals surface area (Å²) in [5.74, 6) is 0.332. The van der Waals surface area contributed by atoms with Crippen LogP contribution in [0.25, 0.3) is 0 Å². The first-order chi connectivity index (χ1) is 12.5. The first kappa shape index (κ1) is 17.1. The van der Waals surface area contributed by atoms with Gasteiger partial charge in [0.15, 0.2) is 0 Å². The molecule has 0 aromatic rings. The third kappa shape index (κ3) is 2.21. The standard InChI is InChI=1S/C19H23N3O4/c1-3-10-22-15(17(24)21-11-6-4-5-7-11)19-9-8-12(26-19)13(16(23)20-2)14(19)18(22)25/h1,8-9,11-15H,4-7,10H2,2H3,(H,20,23)(H,21,24)/t12-,13+,14-,15+,19-/m0/s1. The Hall–Kier alpha value is -2.33. The van der Waals surface area contributed by atoms with Crippen LogP contribution < -0.4 is 10.6 Å². The fraction of sp³-hybridized carbons (Fsp3) is 0.632. The summed E-state index contributed by atoms with van der Waals surface area (Å²) in [6.45, 7) is 0.0160. The maximum absolute atomic E-state index is 13.1. The van der Waals surface area contributed by atoms with E-state index in [0.29, 0.717) is 0 Å². The molecule has 2 N–H and O–H groups in total. The minimum absolute atomic E-state index is 0.0160. The van der Waals surface area contributed by atoms with E-state index in [4.69, 9.17) is 11.2 Å². The largest absolute Gasteiger partial charge is 0.359 e. The molecule has 26 heavy (non-hydrogen) atoms. The summed E-state index contributed by atoms with van der Waals surface area (Å²) in [6.07, 6.45) is 12.6. The van der Waals surface area contributed by atoms with E-state index < -0.39 is 29.6 Å². The number of carbonyl (C=O) groups excluding carboxylic acids is 3. The smallest absolute Gasteiger partial charge is 0.246 e. The van der Waals surface area contributed by atoms with Gasteiger partial charge in [0.25, 0.3) is 0 Å². The van der Waals surface area contributed by atoms with Crippen LogP contribution in [-0.2, 0) is 19.1 Å². The number of nitrogens with zero attached hydrogens (tertiary/aromatic N) is 1. The van der Waals surface area contributed by atoms with Crippen molar-refractivity contribution in [2.75, 3.05) is 13.6 Å². The number of hydrogen-bond donors (Lipinski definition) is 2. The topological polar surface area (TPSA) is 87.7 Å². The van der Waals surface area contributed by atoms with Crippen molar-refractivity contribution in [1.29, 1.82) is 0 Å². The van der Waals surface area contributed by atoms with E-state index in [1.165, 1.54) is 11.9 Å². The van der Waals surface area contributed by atoms with E-state index in [2.05, 4.69) is 16.6 Å². The highest BCUT2D eigenvalue weighted by Gasteiger charge is 2.72. The molecule has 7 nitrogen and oxygen atoms in total. The van der Waals surface area contributed by atoms with Gasteiger partial charge >= 0.3 is 0 Å². The fourth-order valence-corrected chi connectivity index (χ4v) is 5.05. The molecular formula is C19H23N3O4. The molecule has 3 amide bonds. The van der Waals surface area contributed by atoms with Crippen molar-refractivity contribution in [1.82, 2.24) is 15.5 Å². The molecule has 0 aromatic heterocycles. The van der Waals surface area contributed by atoms with Crippen molar-refractivity contribution in [3.05, 3.63) is 12.2 Å². The molecule has 0 aromatic carbocycles. The second-order valence-corrected chi connectivity index (χ2v) is 7.48. The van der Waals surface area contributed by atoms with Gasteiger partial charge in [0.1, 0.15) is 11.6 Å². The van der Waals surface area contributed by atoms with E-state index in [1.54, 1.807) is 12.2 Å². The van der Waals surface area contributed by atoms with Crippen LogP contribution >= 0.6 is 0 Å². The van der Waals surface area contributed by atoms with Crippen LogP contribution in [-0.4, -0.2) is 60.0 Å². The van der Waals surface area contributed by atoms with Crippen LogP contribution in [0.1, 0.15) is 25.7 Å². The van der Waals surface area contributed by atoms with Crippen LogP contribution in [0, 0.1) is 24.2 Å². The van der Waals surface area contributed by atoms with Gasteiger partial charge in [0.05, 0.1) is 24.5 Å². The van der Waals surface area contributed by atoms with Gasteiger partial charge < -0.3 is 20.3 Å². The lowest BCUT2D eigenvalue weighted by Crippen LogP contribution is -2.56. The molecule has 4 aliphatic rings. The molecule has 3 heterocycles. The molecule has 5 atom stereocenters. The average molecular weight is 357 g/mol. The second-order valence-electron chi connectivity index (χ2n) is 7.48. The number of nitrogens with one attached hydrogen (secondary N) is 2. The second kappa shape index (κ2) is 6.13. The van der Waals surface area contributed by atoms with Gasteiger partial charge in [-0.05, 0) is 12.8 Å². The molecule has 4 rings (SSSR count). The Bertz CT molecular complexity index is 721. The van der Waals surface area contributed by atoms with Gasteiger partial charge in [-0.3, -0.25) is 14.4 Å². The maximum Gasteiger partial charge on any atom is 0.246 e. The SMILES string of the molecule is C#CCN1C(=O)[C@@H]2[C@H](C(=O)NC)[C@@H]3C=C[C@@]2(O3)[C@H]1C(=O)NC1CCCC1. The Labute approximate surface area is 152 Å². The lowest BCUT2D eigenvalue weighted by Gasteiger charge is -2.32. The molecule has 2 saturated heterocycles. The van der Waals surface area contributed by atoms with Gasteiger partial charge in [-0.2, -0.15) is 0 Å². The zero-order valence-corrected chi connectivity index (χ0v) is 14.7. The molecular weight excluding hydrogens is 334 g/mol. The predicted octanol–water partition coefficient (Wildman–Crippen LogP) is -0.425. The fourth-order valence-electron chi connectivity index (χ4n) is 5.05. The molecule has 1 saturated carbocycles. The average Bonchev–Trinajstić information content (AvgIpc) is 3.37. The Morgan fingerprint density at radius 1 is 1.38 bits per heavy atom. The number of ether oxygens (including phenoxy) is 1. The van der Waals surface area contributed by atoms with Crippen molar-refractivity contribution in [3.63, 3.8) is 0 Å². The van der Waals surface area contributed by atoms with Crippen LogP contribution in [0.4, 0.5) is 0 Å². The number of amides is 3. The number of fused-ring (bicyclic) bond motifs is 1. The molecule has 0 radical (unpaired) electrons. The monoisotopic (exact) mass is 357 g/mol. The molecule has 3 fully saturated rings. The highest BCUT2D eigenvalue weighted by molar-refractivity contribution is 6.00. The van der Waals surface area contributed by atoms with Crippen LogP contribution in [0.3, 0.4) is 0 Å². The molecule has 3 aliphatic heterocycles. The third-order valence-corrected chi connectivity index (χ3v) is 6.13. The Morgan fingerprint density at radius 2 is 2.12 bits per heavy atom. The maximum atomic E-state index is 13.1. The first-order valence-corrected chi connectivity index (χ1v) is 9.16. The van der Waals surface area contributed by atoms with Gasteiger partial charge in [0, 0.05) is 13.1 Å². The normalized spacial score (nSPS) is 37.7. The minimum Gasteiger partial charge on any atom is -0.359 e. The lowest BCUT2D eigenvalue weighted by molar-refractivity contribution is -0.141. The third-order valence-electron chi connectivity index (χ3n) is 6.13. The van der Waals surface area contributed by atoms with Crippen molar-refractivity contribution < 1.29 is 19.1 Å². The molecule has 1 aliphatic carbocycles. The predicted molar refractivity (Wildman–Crippen MR) is 92.5 cm³/mol. The first-order valence-electron chi connectivity index (χ1n) is 9.16. The summed E-state index contributed by atoms with van der Waals surface area (Å²) in [7, 11) is 1.54. The van der Waals surface area contributed by atoms with Gasteiger partial charge in [-0.1, -0.05) is 30.9 Å². The zero-order valence-electron chi connectivity index (χ0n) is 14.7. The highest BCUT2D eigenvalue weighted by Crippen LogP contribution is 2.54. The van der Waals surface area contributed by atoms with Gasteiger partial charge in [-0.25, -0.2) is 0 Å². The van der Waals surface area contributed by atoms with E-state index in [0.717, 1.165) is 25.7 Å². The van der Waals surface area contributed by atoms with E-state index >= 15 is 0 Å². The van der Waals surface area contributed by atoms with Crippen molar-refractivity contribution in [2.24, 2.45) is 11.8 Å². The number of likely N-dealkylation sites (tertiary alicyclic amines) is 1. The molecule has 7 heteroatoms. The lowest BCUT2D eigenvalue weighted by atomic mass is 9.74. The zero-order chi connectivity index (χ0) is 18.5. The van der Waals surface area contributed by atoms with Crippen molar-refractivity contribution in [2.45, 2.75) is 49.5 Å². The van der Waals surface area contributed by atoms with Crippen LogP contribution in [0.2, 0.25) is 0 Å². The molecule has 1 spiro atoms. The Balaban J connectivity index is 1.69. The number of terminal acetylenes is 1. The van der Waals surface area contributed by atoms with Gasteiger partial charge in [0.2, 0.25) is 17.7 Å². The quantitative estimate of drug-likeness (QED) is 0.528. The highest BCUT2D eigenvalue weighted by atomic mass is 16.5. The van der Waals surface area contributed by atoms with Crippen LogP contribution in [0.15, 0.2) is 12.2 Å². The number of rotatable bonds is 4.